The molecule has 0 radical (unpaired) electrons. The van der Waals surface area contributed by atoms with E-state index in [-0.39, 0.29) is 43.0 Å². The van der Waals surface area contributed by atoms with Gasteiger partial charge in [0.05, 0.1) is 25.4 Å². The van der Waals surface area contributed by atoms with Crippen molar-refractivity contribution >= 4 is 35.7 Å². The average molecular weight is 1350 g/mol. The van der Waals surface area contributed by atoms with Crippen LogP contribution in [0.25, 0.3) is 0 Å². The summed E-state index contributed by atoms with van der Waals surface area (Å²) in [5, 5.41) is 48.2. The van der Waals surface area contributed by atoms with Crippen LogP contribution in [0, 0.1) is 225 Å². The summed E-state index contributed by atoms with van der Waals surface area (Å²) in [4.78, 5) is 67.1. The van der Waals surface area contributed by atoms with E-state index in [1.54, 1.807) is 105 Å². The number of benzene rings is 5. The minimum Gasteiger partial charge on any atom is -0.870 e. The molecule has 12 N–H and O–H groups in total. The minimum atomic E-state index is -1.27. The van der Waals surface area contributed by atoms with Crippen LogP contribution in [0.2, 0.25) is 0 Å². The summed E-state index contributed by atoms with van der Waals surface area (Å²) in [6, 6.07) is 40.1. The molecular formula is C84H56LiN3O15. The molecule has 3 atom stereocenters. The number of carboxylic acids is 2. The topological polar surface area (TPSA) is 334 Å². The van der Waals surface area contributed by atoms with E-state index < -0.39 is 73.6 Å². The number of carbonyl (C=O) groups is 6. The van der Waals surface area contributed by atoms with Crippen molar-refractivity contribution in [2.75, 3.05) is 19.8 Å². The number of aromatic carboxylic acids is 1. The molecule has 0 heterocycles. The van der Waals surface area contributed by atoms with Gasteiger partial charge in [-0.2, -0.15) is 0 Å². The molecule has 18 nitrogen and oxygen atoms in total. The number of aliphatic hydroxyl groups is 3. The summed E-state index contributed by atoms with van der Waals surface area (Å²) in [7, 11) is 0. The van der Waals surface area contributed by atoms with Gasteiger partial charge in [-0.3, -0.25) is 14.4 Å². The quantitative estimate of drug-likeness (QED) is 0.0386. The fourth-order valence-corrected chi connectivity index (χ4v) is 5.53. The second-order valence-corrected chi connectivity index (χ2v) is 17.1. The molecule has 498 valence electrons. The van der Waals surface area contributed by atoms with Crippen LogP contribution in [-0.4, -0.2) is 110 Å². The maximum absolute atomic E-state index is 12.0. The van der Waals surface area contributed by atoms with Gasteiger partial charge in [0.25, 0.3) is 11.8 Å². The summed E-state index contributed by atoms with van der Waals surface area (Å²) < 4.78 is 9.96. The first-order chi connectivity index (χ1) is 48.8. The number of aliphatic hydroxyl groups excluding tert-OH is 3. The fourth-order valence-electron chi connectivity index (χ4n) is 5.53. The van der Waals surface area contributed by atoms with E-state index in [0.717, 1.165) is 11.1 Å². The van der Waals surface area contributed by atoms with Crippen LogP contribution in [0.15, 0.2) is 152 Å². The summed E-state index contributed by atoms with van der Waals surface area (Å²) in [6.45, 7) is 2.11. The number of carbonyl (C=O) groups excluding carboxylic acids is 4. The van der Waals surface area contributed by atoms with Crippen molar-refractivity contribution in [1.82, 2.24) is 10.6 Å². The largest absolute Gasteiger partial charge is 1.00 e. The SMILES string of the molecule is CC#CC#CC#CC#CC#CC#CC#CC#CC#CC#CC#CC#CC#CC#CC#CC#CC#CC#CC#CC.N[C@@H](CO)C(=O)OCc1ccccc1.O.O=C(N[C@@H](CO)C(=O)O)c1ccccc1.O=C(N[C@@H](CO)C(=O)OCc1ccccc1)c1ccccc1.O=C(O)c1ccccc1.[Li+].[OH-]. The number of esters is 2. The van der Waals surface area contributed by atoms with Gasteiger partial charge in [-0.05, 0) is 156 Å². The van der Waals surface area contributed by atoms with E-state index in [2.05, 4.69) is 236 Å². The van der Waals surface area contributed by atoms with Gasteiger partial charge in [0.2, 0.25) is 0 Å². The van der Waals surface area contributed by atoms with Gasteiger partial charge in [-0.25, -0.2) is 14.4 Å². The number of aliphatic carboxylic acids is 1. The summed E-state index contributed by atoms with van der Waals surface area (Å²) >= 11 is 0. The molecule has 0 fully saturated rings. The van der Waals surface area contributed by atoms with Crippen molar-refractivity contribution in [3.8, 4) is 225 Å². The number of amides is 2. The number of hydrogen-bond acceptors (Lipinski definition) is 13. The van der Waals surface area contributed by atoms with Gasteiger partial charge in [-0.15, -0.1) is 0 Å². The average Bonchev–Trinajstić information content (AvgIpc) is 0.912. The minimum absolute atomic E-state index is 0. The molecule has 0 saturated carbocycles. The third kappa shape index (κ3) is 51.9. The van der Waals surface area contributed by atoms with Gasteiger partial charge in [0.15, 0.2) is 12.1 Å². The van der Waals surface area contributed by atoms with Gasteiger partial charge in [-0.1, -0.05) is 127 Å². The number of ether oxygens (including phenoxy) is 2. The van der Waals surface area contributed by atoms with E-state index in [9.17, 15) is 33.9 Å². The van der Waals surface area contributed by atoms with Crippen molar-refractivity contribution in [3.05, 3.63) is 179 Å². The molecule has 0 spiro atoms. The molecule has 0 aliphatic rings. The van der Waals surface area contributed by atoms with Crippen molar-refractivity contribution in [2.24, 2.45) is 5.73 Å². The number of nitrogens with two attached hydrogens (primary N) is 1. The van der Waals surface area contributed by atoms with E-state index in [1.807, 2.05) is 60.7 Å². The monoisotopic (exact) mass is 1350 g/mol. The standard InChI is InChI=1S/C40H6.C17H17NO4.C10H11NO4.C10H13NO3.C7H6O2.Li.2H2O/c1-3-5-7-9-11-13-15-17-19-21-23-25-27-29-31-33-35-37-39-40-38-36-34-32-30-28-26-24-22-20-18-16-14-12-10-8-6-4-2;19-11-15(18-16(20)14-9-5-2-6-10-14)17(21)22-12-13-7-3-1-4-8-13;12-6-8(10(14)15)11-9(13)7-4-2-1-3-5-7;11-9(6-12)10(13)14-7-8-4-2-1-3-5-8;8-7(9)6-4-2-1-3-5-6;;;/h1-2H3;1-10,15,19H,11-12H2,(H,18,20);1-5,8,12H,6H2,(H,11,13)(H,14,15);1-5,9,12H,6-7,11H2;1-5H,(H,8,9);;2*1H2/q;;;;;+1;;/p-1/t;15-;8-;9-;;;;/m.000..../s1. The molecule has 0 bridgehead atoms. The van der Waals surface area contributed by atoms with Gasteiger partial charge >= 0.3 is 42.7 Å². The molecule has 2 amide bonds. The maximum Gasteiger partial charge on any atom is 1.00 e. The van der Waals surface area contributed by atoms with Crippen molar-refractivity contribution in [1.29, 1.82) is 0 Å². The molecule has 103 heavy (non-hydrogen) atoms. The van der Waals surface area contributed by atoms with Crippen molar-refractivity contribution in [3.63, 3.8) is 0 Å². The molecule has 5 aromatic carbocycles. The summed E-state index contributed by atoms with van der Waals surface area (Å²) in [5.74, 6) is 91.3. The number of carboxylic acid groups (broad SMARTS) is 2. The zero-order chi connectivity index (χ0) is 73.0. The van der Waals surface area contributed by atoms with Gasteiger partial charge in [0.1, 0.15) is 19.3 Å². The first-order valence-corrected chi connectivity index (χ1v) is 28.4. The zero-order valence-corrected chi connectivity index (χ0v) is 55.2. The third-order valence-corrected chi connectivity index (χ3v) is 10.0. The van der Waals surface area contributed by atoms with E-state index >= 15 is 0 Å². The number of hydrogen-bond donors (Lipinski definition) is 8. The zero-order valence-electron chi connectivity index (χ0n) is 55.2. The second-order valence-electron chi connectivity index (χ2n) is 17.1. The molecule has 0 aliphatic heterocycles. The van der Waals surface area contributed by atoms with Crippen LogP contribution in [0.5, 0.6) is 0 Å². The Labute approximate surface area is 611 Å². The van der Waals surface area contributed by atoms with Crippen molar-refractivity contribution < 1.29 is 93.6 Å². The van der Waals surface area contributed by atoms with E-state index in [0.29, 0.717) is 16.7 Å². The van der Waals surface area contributed by atoms with Crippen LogP contribution in [0.3, 0.4) is 0 Å². The normalized spacial score (nSPS) is 8.14. The Balaban J connectivity index is -0.00000133. The smallest absolute Gasteiger partial charge is 0.870 e. The molecule has 0 aromatic heterocycles. The molecule has 5 aromatic rings. The molecule has 0 saturated heterocycles. The van der Waals surface area contributed by atoms with Crippen LogP contribution in [0.4, 0.5) is 0 Å². The van der Waals surface area contributed by atoms with Crippen LogP contribution in [-0.2, 0) is 37.1 Å². The molecule has 0 aliphatic carbocycles. The summed E-state index contributed by atoms with van der Waals surface area (Å²) in [5.41, 5.74) is 8.09. The van der Waals surface area contributed by atoms with E-state index in [4.69, 9.17) is 35.6 Å². The fraction of sp³-hybridized carbons (Fsp3) is 0.119. The molecule has 19 heteroatoms. The molecular weight excluding hydrogens is 1300 g/mol. The predicted molar refractivity (Wildman–Crippen MR) is 383 cm³/mol. The van der Waals surface area contributed by atoms with Crippen LogP contribution >= 0.6 is 0 Å². The summed E-state index contributed by atoms with van der Waals surface area (Å²) in [6.07, 6.45) is 0. The Hall–Kier alpha value is -15.1. The first kappa shape index (κ1) is 92.1. The third-order valence-electron chi connectivity index (χ3n) is 10.0. The Kier molecular flexibility index (Phi) is 58.6. The second kappa shape index (κ2) is 65.6. The van der Waals surface area contributed by atoms with Crippen LogP contribution in [0.1, 0.15) is 56.0 Å². The van der Waals surface area contributed by atoms with E-state index in [1.165, 1.54) is 0 Å². The Morgan fingerprint density at radius 1 is 0.350 bits per heavy atom. The Morgan fingerprint density at radius 2 is 0.573 bits per heavy atom. The Morgan fingerprint density at radius 3 is 0.786 bits per heavy atom. The van der Waals surface area contributed by atoms with Gasteiger partial charge in [0, 0.05) is 130 Å². The molecule has 5 rings (SSSR count). The Bertz CT molecular complexity index is 4780. The van der Waals surface area contributed by atoms with Crippen LogP contribution < -0.4 is 35.2 Å². The maximum atomic E-state index is 12.0. The predicted octanol–water partition coefficient (Wildman–Crippen LogP) is -0.0899. The molecule has 0 unspecified atom stereocenters. The first-order valence-electron chi connectivity index (χ1n) is 28.4. The number of nitrogens with one attached hydrogen (secondary N) is 2. The number of rotatable bonds is 15. The van der Waals surface area contributed by atoms with Crippen molar-refractivity contribution in [2.45, 2.75) is 45.2 Å². The van der Waals surface area contributed by atoms with Gasteiger partial charge < -0.3 is 62.3 Å².